The molecule has 2 nitrogen and oxygen atoms in total. The molecule has 0 aromatic rings. The molecule has 2 aliphatic carbocycles. The second kappa shape index (κ2) is 7.73. The maximum absolute atomic E-state index is 12.6. The molecule has 0 saturated carbocycles. The van der Waals surface area contributed by atoms with Gasteiger partial charge in [0.25, 0.3) is 8.32 Å². The van der Waals surface area contributed by atoms with Crippen molar-refractivity contribution >= 4 is 33.8 Å². The smallest absolute Gasteiger partial charge is 0.250 e. The van der Waals surface area contributed by atoms with Crippen LogP contribution in [0, 0.1) is 22.3 Å². The fourth-order valence-electron chi connectivity index (χ4n) is 4.11. The summed E-state index contributed by atoms with van der Waals surface area (Å²) in [4.78, 5) is 12.6. The lowest BCUT2D eigenvalue weighted by Gasteiger charge is -2.48. The van der Waals surface area contributed by atoms with Gasteiger partial charge < -0.3 is 4.43 Å². The van der Waals surface area contributed by atoms with Crippen LogP contribution in [0.2, 0.25) is 37.8 Å². The summed E-state index contributed by atoms with van der Waals surface area (Å²) in [6.07, 6.45) is 4.87. The predicted octanol–water partition coefficient (Wildman–Crippen LogP) is 7.44. The molecular formula is C24H39ClO2Si2. The Hall–Kier alpha value is -0.766. The number of ketones is 1. The zero-order valence-electron chi connectivity index (χ0n) is 20.1. The molecule has 0 heterocycles. The molecule has 162 valence electrons. The third kappa shape index (κ3) is 4.94. The van der Waals surface area contributed by atoms with Crippen LogP contribution in [0.15, 0.2) is 22.4 Å². The van der Waals surface area contributed by atoms with Crippen LogP contribution in [0.25, 0.3) is 0 Å². The van der Waals surface area contributed by atoms with Gasteiger partial charge in [0.05, 0.1) is 5.03 Å². The Labute approximate surface area is 185 Å². The van der Waals surface area contributed by atoms with Crippen LogP contribution in [0.1, 0.15) is 60.3 Å². The molecule has 0 bridgehead atoms. The second-order valence-electron chi connectivity index (χ2n) is 12.0. The summed E-state index contributed by atoms with van der Waals surface area (Å²) in [7, 11) is -3.46. The zero-order valence-corrected chi connectivity index (χ0v) is 22.9. The molecule has 0 aromatic carbocycles. The largest absolute Gasteiger partial charge is 0.543 e. The lowest BCUT2D eigenvalue weighted by atomic mass is 9.55. The van der Waals surface area contributed by atoms with Gasteiger partial charge in [0.15, 0.2) is 5.78 Å². The molecule has 2 rings (SSSR count). The molecule has 0 aromatic heterocycles. The van der Waals surface area contributed by atoms with E-state index in [0.29, 0.717) is 6.42 Å². The average molecular weight is 451 g/mol. The van der Waals surface area contributed by atoms with Gasteiger partial charge >= 0.3 is 0 Å². The molecule has 0 saturated heterocycles. The summed E-state index contributed by atoms with van der Waals surface area (Å²) in [5.41, 5.74) is 4.17. The van der Waals surface area contributed by atoms with Gasteiger partial charge in [-0.1, -0.05) is 65.9 Å². The highest BCUT2D eigenvalue weighted by Crippen LogP contribution is 2.63. The van der Waals surface area contributed by atoms with E-state index in [1.54, 1.807) is 0 Å². The summed E-state index contributed by atoms with van der Waals surface area (Å²) in [5, 5.41) is 0.849. The first-order valence-corrected chi connectivity index (χ1v) is 17.5. The highest BCUT2D eigenvalue weighted by molar-refractivity contribution is 6.83. The van der Waals surface area contributed by atoms with Gasteiger partial charge in [0, 0.05) is 23.8 Å². The van der Waals surface area contributed by atoms with E-state index in [-0.39, 0.29) is 21.7 Å². The highest BCUT2D eigenvalue weighted by Gasteiger charge is 2.56. The van der Waals surface area contributed by atoms with Crippen molar-refractivity contribution in [2.24, 2.45) is 10.8 Å². The predicted molar refractivity (Wildman–Crippen MR) is 130 cm³/mol. The summed E-state index contributed by atoms with van der Waals surface area (Å²) in [6.45, 7) is 22.4. The molecule has 0 radical (unpaired) electrons. The summed E-state index contributed by atoms with van der Waals surface area (Å²) in [5.74, 6) is 4.40. The number of fused-ring (bicyclic) bond motifs is 1. The third-order valence-corrected chi connectivity index (χ3v) is 12.5. The van der Waals surface area contributed by atoms with E-state index in [0.717, 1.165) is 35.6 Å². The number of carbonyl (C=O) groups excluding carboxylic acids is 1. The zero-order chi connectivity index (χ0) is 22.5. The van der Waals surface area contributed by atoms with Gasteiger partial charge in [-0.25, -0.2) is 0 Å². The molecule has 0 spiro atoms. The Balaban J connectivity index is 2.45. The van der Waals surface area contributed by atoms with Crippen molar-refractivity contribution in [3.63, 3.8) is 0 Å². The maximum Gasteiger partial charge on any atom is 0.250 e. The topological polar surface area (TPSA) is 26.3 Å². The molecular weight excluding hydrogens is 412 g/mol. The van der Waals surface area contributed by atoms with Crippen molar-refractivity contribution in [3.8, 4) is 11.5 Å². The van der Waals surface area contributed by atoms with E-state index in [2.05, 4.69) is 78.8 Å². The summed E-state index contributed by atoms with van der Waals surface area (Å²) >= 11 is 6.85. The standard InChI is InChI=1S/C24H39ClO2Si2/c1-22(2,3)29(9,10)27-21-19-15-18(26)16-23(4,5)24(19,17-20(21)25)13-11-12-14-28(6,7)8/h15H,11,13,16-17H2,1-10H3. The third-order valence-electron chi connectivity index (χ3n) is 6.98. The van der Waals surface area contributed by atoms with Gasteiger partial charge in [0.2, 0.25) is 0 Å². The van der Waals surface area contributed by atoms with Crippen LogP contribution < -0.4 is 0 Å². The minimum absolute atomic E-state index is 0.0694. The van der Waals surface area contributed by atoms with Gasteiger partial charge in [-0.05, 0) is 42.5 Å². The van der Waals surface area contributed by atoms with Crippen molar-refractivity contribution in [2.45, 2.75) is 98.1 Å². The Morgan fingerprint density at radius 3 is 2.24 bits per heavy atom. The van der Waals surface area contributed by atoms with Crippen LogP contribution in [0.5, 0.6) is 0 Å². The van der Waals surface area contributed by atoms with Crippen LogP contribution in [0.4, 0.5) is 0 Å². The van der Waals surface area contributed by atoms with Crippen LogP contribution in [-0.4, -0.2) is 22.2 Å². The molecule has 2 aliphatic rings. The normalized spacial score (nSPS) is 24.7. The van der Waals surface area contributed by atoms with Crippen molar-refractivity contribution < 1.29 is 9.22 Å². The SMILES string of the molecule is CC1(C)CC(=O)C=C2C(O[Si](C)(C)C(C)(C)C)=C(Cl)CC21CCC#C[Si](C)(C)C. The number of hydrogen-bond donors (Lipinski definition) is 0. The number of allylic oxidation sites excluding steroid dienone is 3. The van der Waals surface area contributed by atoms with Crippen molar-refractivity contribution in [3.05, 3.63) is 22.4 Å². The van der Waals surface area contributed by atoms with Crippen molar-refractivity contribution in [1.29, 1.82) is 0 Å². The highest BCUT2D eigenvalue weighted by atomic mass is 35.5. The second-order valence-corrected chi connectivity index (χ2v) is 21.9. The minimum atomic E-state index is -2.07. The molecule has 1 atom stereocenters. The Bertz CT molecular complexity index is 811. The van der Waals surface area contributed by atoms with E-state index >= 15 is 0 Å². The lowest BCUT2D eigenvalue weighted by Crippen LogP contribution is -2.44. The molecule has 0 N–H and O–H groups in total. The molecule has 0 aliphatic heterocycles. The van der Waals surface area contributed by atoms with E-state index in [9.17, 15) is 4.79 Å². The van der Waals surface area contributed by atoms with Crippen molar-refractivity contribution in [2.75, 3.05) is 0 Å². The lowest BCUT2D eigenvalue weighted by molar-refractivity contribution is -0.119. The molecule has 29 heavy (non-hydrogen) atoms. The average Bonchev–Trinajstić information content (AvgIpc) is 2.75. The van der Waals surface area contributed by atoms with E-state index in [1.165, 1.54) is 0 Å². The van der Waals surface area contributed by atoms with Crippen LogP contribution in [0.3, 0.4) is 0 Å². The molecule has 0 fully saturated rings. The Kier molecular flexibility index (Phi) is 6.53. The van der Waals surface area contributed by atoms with Gasteiger partial charge in [-0.3, -0.25) is 4.79 Å². The van der Waals surface area contributed by atoms with Crippen molar-refractivity contribution in [1.82, 2.24) is 0 Å². The fraction of sp³-hybridized carbons (Fsp3) is 0.708. The van der Waals surface area contributed by atoms with E-state index in [1.807, 2.05) is 6.08 Å². The number of carbonyl (C=O) groups is 1. The van der Waals surface area contributed by atoms with Gasteiger partial charge in [-0.15, -0.1) is 11.5 Å². The van der Waals surface area contributed by atoms with Crippen LogP contribution in [-0.2, 0) is 9.22 Å². The fourth-order valence-corrected chi connectivity index (χ4v) is 6.25. The van der Waals surface area contributed by atoms with Crippen LogP contribution >= 0.6 is 11.6 Å². The maximum atomic E-state index is 12.6. The Morgan fingerprint density at radius 2 is 1.72 bits per heavy atom. The first-order chi connectivity index (χ1) is 12.9. The van der Waals surface area contributed by atoms with E-state index < -0.39 is 16.4 Å². The monoisotopic (exact) mass is 450 g/mol. The van der Waals surface area contributed by atoms with E-state index in [4.69, 9.17) is 16.0 Å². The number of hydrogen-bond acceptors (Lipinski definition) is 2. The molecule has 0 amide bonds. The summed E-state index contributed by atoms with van der Waals surface area (Å²) in [6, 6.07) is 0. The quantitative estimate of drug-likeness (QED) is 0.328. The number of rotatable bonds is 4. The molecule has 5 heteroatoms. The molecule has 1 unspecified atom stereocenters. The van der Waals surface area contributed by atoms with Gasteiger partial charge in [-0.2, -0.15) is 0 Å². The summed E-state index contributed by atoms with van der Waals surface area (Å²) < 4.78 is 6.71. The minimum Gasteiger partial charge on any atom is -0.543 e. The Morgan fingerprint density at radius 1 is 1.14 bits per heavy atom. The first kappa shape index (κ1) is 24.5. The first-order valence-electron chi connectivity index (χ1n) is 10.8. The van der Waals surface area contributed by atoms with Gasteiger partial charge in [0.1, 0.15) is 13.8 Å². The number of halogens is 1.